The van der Waals surface area contributed by atoms with Crippen LogP contribution in [0.1, 0.15) is 31.7 Å². The van der Waals surface area contributed by atoms with E-state index in [0.29, 0.717) is 12.0 Å². The Hall–Kier alpha value is -1.32. The van der Waals surface area contributed by atoms with E-state index in [4.69, 9.17) is 0 Å². The van der Waals surface area contributed by atoms with Crippen molar-refractivity contribution < 1.29 is 9.15 Å². The Morgan fingerprint density at radius 1 is 1.23 bits per heavy atom. The number of aryl methyl sites for hydroxylation is 1. The van der Waals surface area contributed by atoms with Crippen LogP contribution in [0.25, 0.3) is 0 Å². The van der Waals surface area contributed by atoms with Crippen molar-refractivity contribution in [3.05, 3.63) is 32.5 Å². The fourth-order valence-electron chi connectivity index (χ4n) is 1.10. The van der Waals surface area contributed by atoms with Gasteiger partial charge in [-0.1, -0.05) is 19.8 Å². The van der Waals surface area contributed by atoms with Gasteiger partial charge in [-0.15, -0.1) is 0 Å². The maximum Gasteiger partial charge on any atom is 0.382 e. The smallest absolute Gasteiger partial charge is 0.242 e. The highest BCUT2D eigenvalue weighted by molar-refractivity contribution is 5.03. The average Bonchev–Trinajstić information content (AvgIpc) is 2.11. The molecule has 0 fully saturated rings. The first-order valence-corrected chi connectivity index (χ1v) is 4.37. The van der Waals surface area contributed by atoms with Crippen molar-refractivity contribution in [2.75, 3.05) is 0 Å². The van der Waals surface area contributed by atoms with Crippen LogP contribution in [0.5, 0.6) is 0 Å². The van der Waals surface area contributed by atoms with Gasteiger partial charge in [-0.25, -0.2) is 18.7 Å². The summed E-state index contributed by atoms with van der Waals surface area (Å²) in [5, 5.41) is 0. The van der Waals surface area contributed by atoms with E-state index in [1.54, 1.807) is 0 Å². The molecule has 0 spiro atoms. The molecule has 4 heteroatoms. The molecule has 0 aliphatic heterocycles. The van der Waals surface area contributed by atoms with Crippen LogP contribution in [0.4, 0.5) is 0 Å². The summed E-state index contributed by atoms with van der Waals surface area (Å²) in [6, 6.07) is 1.20. The summed E-state index contributed by atoms with van der Waals surface area (Å²) in [6.07, 6.45) is 3.60. The molecule has 0 aromatic carbocycles. The zero-order valence-corrected chi connectivity index (χ0v) is 7.54. The normalized spacial score (nSPS) is 10.2. The van der Waals surface area contributed by atoms with Crippen LogP contribution in [-0.4, -0.2) is 0 Å². The zero-order chi connectivity index (χ0) is 9.68. The van der Waals surface area contributed by atoms with Gasteiger partial charge in [0, 0.05) is 11.6 Å². The Balaban J connectivity index is 2.70. The van der Waals surface area contributed by atoms with Gasteiger partial charge in [0.1, 0.15) is 0 Å². The van der Waals surface area contributed by atoms with Crippen LogP contribution in [0.2, 0.25) is 0 Å². The van der Waals surface area contributed by atoms with Crippen molar-refractivity contribution in [3.8, 4) is 0 Å². The summed E-state index contributed by atoms with van der Waals surface area (Å²) in [7, 11) is 0. The van der Waals surface area contributed by atoms with E-state index in [1.807, 2.05) is 0 Å². The topological polar surface area (TPSA) is 60.4 Å². The minimum Gasteiger partial charge on any atom is -0.242 e. The largest absolute Gasteiger partial charge is 0.382 e. The van der Waals surface area contributed by atoms with Gasteiger partial charge >= 0.3 is 11.3 Å². The number of hydrogen-bond acceptors (Lipinski definition) is 4. The van der Waals surface area contributed by atoms with Crippen molar-refractivity contribution in [3.63, 3.8) is 0 Å². The lowest BCUT2D eigenvalue weighted by Crippen LogP contribution is -2.12. The molecule has 0 saturated heterocycles. The number of hydrogen-bond donors (Lipinski definition) is 0. The molecule has 0 bridgehead atoms. The fraction of sp³-hybridized carbons (Fsp3) is 0.556. The van der Waals surface area contributed by atoms with Crippen LogP contribution in [0.3, 0.4) is 0 Å². The van der Waals surface area contributed by atoms with Gasteiger partial charge in [0.15, 0.2) is 0 Å². The molecule has 0 amide bonds. The maximum absolute atomic E-state index is 11.0. The lowest BCUT2D eigenvalue weighted by Gasteiger charge is -1.95. The highest BCUT2D eigenvalue weighted by atomic mass is 17.0. The zero-order valence-electron chi connectivity index (χ0n) is 7.54. The van der Waals surface area contributed by atoms with Crippen LogP contribution in [0, 0.1) is 0 Å². The van der Waals surface area contributed by atoms with Crippen LogP contribution < -0.4 is 11.3 Å². The van der Waals surface area contributed by atoms with Crippen LogP contribution in [-0.2, 0) is 6.42 Å². The Labute approximate surface area is 75.1 Å². The van der Waals surface area contributed by atoms with Crippen molar-refractivity contribution in [1.82, 2.24) is 0 Å². The van der Waals surface area contributed by atoms with E-state index in [1.165, 1.54) is 6.07 Å². The van der Waals surface area contributed by atoms with Gasteiger partial charge in [-0.3, -0.25) is 0 Å². The molecular weight excluding hydrogens is 172 g/mol. The summed E-state index contributed by atoms with van der Waals surface area (Å²) in [5.41, 5.74) is -0.744. The third-order valence-corrected chi connectivity index (χ3v) is 1.80. The second-order valence-electron chi connectivity index (χ2n) is 2.90. The van der Waals surface area contributed by atoms with Gasteiger partial charge in [-0.2, -0.15) is 0 Å². The van der Waals surface area contributed by atoms with Crippen LogP contribution in [0.15, 0.2) is 24.8 Å². The SMILES string of the molecule is CCCCCc1cc(=O)ooc1=O. The highest BCUT2D eigenvalue weighted by Gasteiger charge is 2.03. The molecule has 72 valence electrons. The first kappa shape index (κ1) is 9.77. The standard InChI is InChI=1S/C9H12O4/c1-2-3-4-5-7-6-8(10)12-13-9(7)11/h6H,2-5H2,1H3. The maximum atomic E-state index is 11.0. The minimum absolute atomic E-state index is 0.407. The van der Waals surface area contributed by atoms with Crippen molar-refractivity contribution in [2.24, 2.45) is 0 Å². The third-order valence-electron chi connectivity index (χ3n) is 1.80. The fourth-order valence-corrected chi connectivity index (χ4v) is 1.10. The Morgan fingerprint density at radius 3 is 2.69 bits per heavy atom. The quantitative estimate of drug-likeness (QED) is 0.523. The molecule has 1 aromatic rings. The second kappa shape index (κ2) is 4.64. The molecule has 0 N–H and O–H groups in total. The van der Waals surface area contributed by atoms with Gasteiger partial charge < -0.3 is 0 Å². The average molecular weight is 184 g/mol. The third kappa shape index (κ3) is 2.89. The lowest BCUT2D eigenvalue weighted by atomic mass is 10.1. The number of rotatable bonds is 4. The Morgan fingerprint density at radius 2 is 2.00 bits per heavy atom. The Bertz CT molecular complexity index is 360. The van der Waals surface area contributed by atoms with E-state index >= 15 is 0 Å². The Kier molecular flexibility index (Phi) is 3.49. The van der Waals surface area contributed by atoms with Gasteiger partial charge in [-0.05, 0) is 12.8 Å². The van der Waals surface area contributed by atoms with Gasteiger partial charge in [0.25, 0.3) is 0 Å². The minimum atomic E-state index is -0.605. The monoisotopic (exact) mass is 184 g/mol. The number of unbranched alkanes of at least 4 members (excludes halogenated alkanes) is 2. The summed E-state index contributed by atoms with van der Waals surface area (Å²) >= 11 is 0. The summed E-state index contributed by atoms with van der Waals surface area (Å²) in [5.74, 6) is 0. The molecule has 13 heavy (non-hydrogen) atoms. The van der Waals surface area contributed by atoms with Gasteiger partial charge in [0.05, 0.1) is 0 Å². The highest BCUT2D eigenvalue weighted by Crippen LogP contribution is 2.00. The second-order valence-corrected chi connectivity index (χ2v) is 2.90. The van der Waals surface area contributed by atoms with Crippen molar-refractivity contribution in [1.29, 1.82) is 0 Å². The molecule has 0 saturated carbocycles. The molecule has 1 aromatic heterocycles. The lowest BCUT2D eigenvalue weighted by molar-refractivity contribution is 0.0149. The van der Waals surface area contributed by atoms with E-state index < -0.39 is 11.3 Å². The first-order valence-electron chi connectivity index (χ1n) is 4.37. The van der Waals surface area contributed by atoms with Crippen molar-refractivity contribution in [2.45, 2.75) is 32.6 Å². The molecule has 0 unspecified atom stereocenters. The van der Waals surface area contributed by atoms with E-state index in [2.05, 4.69) is 16.1 Å². The van der Waals surface area contributed by atoms with Crippen molar-refractivity contribution >= 4 is 0 Å². The first-order chi connectivity index (χ1) is 6.24. The molecular formula is C9H12O4. The van der Waals surface area contributed by atoms with E-state index in [9.17, 15) is 9.59 Å². The van der Waals surface area contributed by atoms with Gasteiger partial charge in [0.2, 0.25) is 0 Å². The summed E-state index contributed by atoms with van der Waals surface area (Å²) in [4.78, 5) is 21.6. The molecule has 0 aliphatic carbocycles. The molecule has 4 nitrogen and oxygen atoms in total. The molecule has 0 atom stereocenters. The van der Waals surface area contributed by atoms with E-state index in [-0.39, 0.29) is 0 Å². The molecule has 1 rings (SSSR count). The van der Waals surface area contributed by atoms with Crippen LogP contribution >= 0.6 is 0 Å². The predicted octanol–water partition coefficient (Wildman–Crippen LogP) is 1.33. The molecule has 0 radical (unpaired) electrons. The summed E-state index contributed by atoms with van der Waals surface area (Å²) in [6.45, 7) is 2.07. The molecule has 1 heterocycles. The predicted molar refractivity (Wildman–Crippen MR) is 46.7 cm³/mol. The molecule has 0 aliphatic rings. The summed E-state index contributed by atoms with van der Waals surface area (Å²) < 4.78 is 8.24. The van der Waals surface area contributed by atoms with E-state index in [0.717, 1.165) is 19.3 Å².